The number of ether oxygens (including phenoxy) is 1. The predicted octanol–water partition coefficient (Wildman–Crippen LogP) is 6.38. The van der Waals surface area contributed by atoms with E-state index in [1.54, 1.807) is 6.07 Å². The molecule has 0 atom stereocenters. The zero-order valence-corrected chi connectivity index (χ0v) is 23.5. The summed E-state index contributed by atoms with van der Waals surface area (Å²) >= 11 is 1.31. The molecular formula is C29H38FN3O3S. The van der Waals surface area contributed by atoms with Crippen molar-refractivity contribution in [2.24, 2.45) is 0 Å². The van der Waals surface area contributed by atoms with Gasteiger partial charge < -0.3 is 9.30 Å². The van der Waals surface area contributed by atoms with Crippen LogP contribution >= 0.6 is 11.8 Å². The van der Waals surface area contributed by atoms with Gasteiger partial charge in [-0.2, -0.15) is 0 Å². The van der Waals surface area contributed by atoms with Gasteiger partial charge in [-0.15, -0.1) is 10.2 Å². The van der Waals surface area contributed by atoms with E-state index in [1.807, 2.05) is 56.5 Å². The van der Waals surface area contributed by atoms with Gasteiger partial charge in [-0.3, -0.25) is 9.59 Å². The van der Waals surface area contributed by atoms with E-state index in [-0.39, 0.29) is 36.2 Å². The lowest BCUT2D eigenvalue weighted by molar-refractivity contribution is -0.121. The Morgan fingerprint density at radius 2 is 1.76 bits per heavy atom. The number of aryl methyl sites for hydroxylation is 2. The lowest BCUT2D eigenvalue weighted by Crippen LogP contribution is -2.14. The van der Waals surface area contributed by atoms with E-state index in [4.69, 9.17) is 4.74 Å². The quantitative estimate of drug-likeness (QED) is 0.240. The fraction of sp³-hybridized carbons (Fsp3) is 0.448. The molecule has 0 bridgehead atoms. The standard InChI is InChI=1S/C27H32FN3O3S.C2H6/c1-5-31-26(13-10-23(32)16-34-25-11-7-20(8-12-25)18(2)3)29-30-27(31)35-17-24(33)15-21-14-22(28)9-6-19(21)4;1-2/h6-9,11-12,14,18H,5,10,13,15-17H2,1-4H3;1-2H3. The molecule has 0 unspecified atom stereocenters. The van der Waals surface area contributed by atoms with Crippen LogP contribution in [0.15, 0.2) is 47.6 Å². The largest absolute Gasteiger partial charge is 0.486 e. The highest BCUT2D eigenvalue weighted by molar-refractivity contribution is 7.99. The summed E-state index contributed by atoms with van der Waals surface area (Å²) in [6, 6.07) is 12.3. The van der Waals surface area contributed by atoms with Crippen LogP contribution in [0.5, 0.6) is 5.75 Å². The number of nitrogens with zero attached hydrogens (tertiary/aromatic N) is 3. The summed E-state index contributed by atoms with van der Waals surface area (Å²) in [5.41, 5.74) is 2.82. The minimum Gasteiger partial charge on any atom is -0.486 e. The number of benzene rings is 2. The summed E-state index contributed by atoms with van der Waals surface area (Å²) < 4.78 is 21.0. The van der Waals surface area contributed by atoms with Crippen molar-refractivity contribution < 1.29 is 18.7 Å². The van der Waals surface area contributed by atoms with Crippen LogP contribution in [0, 0.1) is 12.7 Å². The first-order valence-electron chi connectivity index (χ1n) is 12.8. The minimum absolute atomic E-state index is 0.00958. The number of carbonyl (C=O) groups excluding carboxylic acids is 2. The van der Waals surface area contributed by atoms with E-state index in [9.17, 15) is 14.0 Å². The Hall–Kier alpha value is -3.00. The Labute approximate surface area is 224 Å². The van der Waals surface area contributed by atoms with Gasteiger partial charge in [0.15, 0.2) is 10.9 Å². The third kappa shape index (κ3) is 9.43. The third-order valence-corrected chi connectivity index (χ3v) is 6.77. The smallest absolute Gasteiger partial charge is 0.191 e. The first-order valence-corrected chi connectivity index (χ1v) is 13.8. The summed E-state index contributed by atoms with van der Waals surface area (Å²) in [6.07, 6.45) is 0.926. The Morgan fingerprint density at radius 1 is 1.05 bits per heavy atom. The van der Waals surface area contributed by atoms with Gasteiger partial charge in [0.2, 0.25) is 0 Å². The molecule has 0 fully saturated rings. The molecule has 2 aromatic carbocycles. The van der Waals surface area contributed by atoms with Crippen LogP contribution in [0.25, 0.3) is 0 Å². The van der Waals surface area contributed by atoms with E-state index in [0.29, 0.717) is 47.6 Å². The molecule has 0 aliphatic rings. The number of hydrogen-bond donors (Lipinski definition) is 0. The van der Waals surface area contributed by atoms with Crippen molar-refractivity contribution in [2.45, 2.75) is 78.4 Å². The van der Waals surface area contributed by atoms with Crippen LogP contribution in [0.3, 0.4) is 0 Å². The summed E-state index contributed by atoms with van der Waals surface area (Å²) in [5.74, 6) is 1.68. The zero-order valence-electron chi connectivity index (χ0n) is 22.7. The normalized spacial score (nSPS) is 10.7. The zero-order chi connectivity index (χ0) is 27.4. The molecule has 0 spiro atoms. The molecule has 0 saturated carbocycles. The lowest BCUT2D eigenvalue weighted by Gasteiger charge is -2.09. The number of ketones is 2. The molecule has 3 rings (SSSR count). The maximum atomic E-state index is 13.5. The van der Waals surface area contributed by atoms with E-state index in [2.05, 4.69) is 24.0 Å². The van der Waals surface area contributed by atoms with Crippen LogP contribution < -0.4 is 4.74 Å². The SMILES string of the molecule is CC.CCn1c(CCC(=O)COc2ccc(C(C)C)cc2)nnc1SCC(=O)Cc1cc(F)ccc1C. The van der Waals surface area contributed by atoms with E-state index >= 15 is 0 Å². The number of halogens is 1. The van der Waals surface area contributed by atoms with Crippen LogP contribution in [0.4, 0.5) is 4.39 Å². The molecule has 0 saturated heterocycles. The fourth-order valence-corrected chi connectivity index (χ4v) is 4.48. The van der Waals surface area contributed by atoms with Gasteiger partial charge in [-0.1, -0.05) is 57.7 Å². The molecule has 37 heavy (non-hydrogen) atoms. The number of rotatable bonds is 13. The summed E-state index contributed by atoms with van der Waals surface area (Å²) in [6.45, 7) is 12.7. The van der Waals surface area contributed by atoms with Crippen molar-refractivity contribution in [1.82, 2.24) is 14.8 Å². The van der Waals surface area contributed by atoms with Crippen LogP contribution in [-0.2, 0) is 29.0 Å². The maximum absolute atomic E-state index is 13.5. The molecule has 200 valence electrons. The van der Waals surface area contributed by atoms with Gasteiger partial charge in [0.1, 0.15) is 29.8 Å². The predicted molar refractivity (Wildman–Crippen MR) is 147 cm³/mol. The molecule has 6 nitrogen and oxygen atoms in total. The second kappa shape index (κ2) is 15.3. The average molecular weight is 528 g/mol. The highest BCUT2D eigenvalue weighted by Crippen LogP contribution is 2.21. The van der Waals surface area contributed by atoms with Gasteiger partial charge in [0, 0.05) is 25.8 Å². The van der Waals surface area contributed by atoms with Crippen molar-refractivity contribution in [1.29, 1.82) is 0 Å². The second-order valence-electron chi connectivity index (χ2n) is 8.77. The second-order valence-corrected chi connectivity index (χ2v) is 9.71. The van der Waals surface area contributed by atoms with Crippen molar-refractivity contribution in [2.75, 3.05) is 12.4 Å². The maximum Gasteiger partial charge on any atom is 0.191 e. The number of Topliss-reactive ketones (excluding diaryl/α,β-unsaturated/α-hetero) is 2. The van der Waals surface area contributed by atoms with E-state index in [0.717, 1.165) is 5.56 Å². The third-order valence-electron chi connectivity index (χ3n) is 5.74. The van der Waals surface area contributed by atoms with Crippen molar-refractivity contribution in [3.05, 3.63) is 70.8 Å². The molecule has 0 radical (unpaired) electrons. The topological polar surface area (TPSA) is 74.1 Å². The molecule has 1 aromatic heterocycles. The van der Waals surface area contributed by atoms with Gasteiger partial charge in [-0.05, 0) is 60.7 Å². The Kier molecular flexibility index (Phi) is 12.5. The molecular weight excluding hydrogens is 489 g/mol. The molecule has 0 aliphatic carbocycles. The van der Waals surface area contributed by atoms with Crippen LogP contribution in [0.2, 0.25) is 0 Å². The van der Waals surface area contributed by atoms with Crippen LogP contribution in [0.1, 0.15) is 69.5 Å². The molecule has 3 aromatic rings. The molecule has 8 heteroatoms. The minimum atomic E-state index is -0.342. The van der Waals surface area contributed by atoms with Gasteiger partial charge >= 0.3 is 0 Å². The molecule has 0 amide bonds. The Morgan fingerprint density at radius 3 is 2.41 bits per heavy atom. The van der Waals surface area contributed by atoms with Gasteiger partial charge in [0.25, 0.3) is 0 Å². The van der Waals surface area contributed by atoms with Crippen molar-refractivity contribution >= 4 is 23.3 Å². The number of hydrogen-bond acceptors (Lipinski definition) is 6. The first-order chi connectivity index (χ1) is 17.8. The van der Waals surface area contributed by atoms with Crippen LogP contribution in [-0.4, -0.2) is 38.7 Å². The summed E-state index contributed by atoms with van der Waals surface area (Å²) in [4.78, 5) is 24.8. The number of aromatic nitrogens is 3. The van der Waals surface area contributed by atoms with Crippen molar-refractivity contribution in [3.63, 3.8) is 0 Å². The van der Waals surface area contributed by atoms with Gasteiger partial charge in [0.05, 0.1) is 5.75 Å². The van der Waals surface area contributed by atoms with Crippen molar-refractivity contribution in [3.8, 4) is 5.75 Å². The number of carbonyl (C=O) groups is 2. The first kappa shape index (κ1) is 30.2. The summed E-state index contributed by atoms with van der Waals surface area (Å²) in [7, 11) is 0. The van der Waals surface area contributed by atoms with E-state index < -0.39 is 0 Å². The highest BCUT2D eigenvalue weighted by Gasteiger charge is 2.15. The Balaban J connectivity index is 0.00000235. The number of thioether (sulfide) groups is 1. The monoisotopic (exact) mass is 527 g/mol. The lowest BCUT2D eigenvalue weighted by atomic mass is 10.0. The Bertz CT molecular complexity index is 1160. The molecule has 0 aliphatic heterocycles. The van der Waals surface area contributed by atoms with E-state index in [1.165, 1.54) is 29.5 Å². The fourth-order valence-electron chi connectivity index (χ4n) is 3.60. The average Bonchev–Trinajstić information content (AvgIpc) is 3.30. The molecule has 0 N–H and O–H groups in total. The van der Waals surface area contributed by atoms with Gasteiger partial charge in [-0.25, -0.2) is 4.39 Å². The highest BCUT2D eigenvalue weighted by atomic mass is 32.2. The summed E-state index contributed by atoms with van der Waals surface area (Å²) in [5, 5.41) is 9.08. The molecule has 1 heterocycles.